The molecule has 1 aliphatic carbocycles. The monoisotopic (exact) mass is 217 g/mol. The molecule has 1 heterocycles. The topological polar surface area (TPSA) is 3.24 Å². The molecule has 0 saturated carbocycles. The van der Waals surface area contributed by atoms with E-state index in [1.54, 1.807) is 11.1 Å². The highest BCUT2D eigenvalue weighted by atomic mass is 32.2. The van der Waals surface area contributed by atoms with E-state index in [0.717, 1.165) is 5.88 Å². The van der Waals surface area contributed by atoms with Crippen LogP contribution in [0.4, 0.5) is 0 Å². The Morgan fingerprint density at radius 2 is 2.20 bits per heavy atom. The van der Waals surface area contributed by atoms with Crippen LogP contribution >= 0.6 is 11.8 Å². The van der Waals surface area contributed by atoms with Crippen LogP contribution < -0.4 is 0 Å². The maximum Gasteiger partial charge on any atom is 0.0681 e. The Morgan fingerprint density at radius 3 is 3.07 bits per heavy atom. The molecule has 0 amide bonds. The highest BCUT2D eigenvalue weighted by molar-refractivity contribution is 8.02. The molecule has 15 heavy (non-hydrogen) atoms. The zero-order chi connectivity index (χ0) is 10.1. The average Bonchev–Trinajstić information content (AvgIpc) is 2.82. The summed E-state index contributed by atoms with van der Waals surface area (Å²) in [4.78, 5) is 2.47. The Bertz CT molecular complexity index is 386. The summed E-state index contributed by atoms with van der Waals surface area (Å²) in [5.74, 6) is 1.12. The molecule has 1 atom stereocenters. The van der Waals surface area contributed by atoms with Crippen LogP contribution in [0.3, 0.4) is 0 Å². The molecule has 78 valence electrons. The fraction of sp³-hybridized carbons (Fsp3) is 0.385. The van der Waals surface area contributed by atoms with Gasteiger partial charge < -0.3 is 4.90 Å². The van der Waals surface area contributed by atoms with Gasteiger partial charge in [-0.1, -0.05) is 24.3 Å². The van der Waals surface area contributed by atoms with Gasteiger partial charge in [0.1, 0.15) is 0 Å². The van der Waals surface area contributed by atoms with Crippen molar-refractivity contribution in [3.05, 3.63) is 47.0 Å². The van der Waals surface area contributed by atoms with Crippen molar-refractivity contribution in [3.63, 3.8) is 0 Å². The summed E-state index contributed by atoms with van der Waals surface area (Å²) in [5, 5.41) is 2.21. The molecule has 1 aromatic rings. The van der Waals surface area contributed by atoms with E-state index in [-0.39, 0.29) is 0 Å². The highest BCUT2D eigenvalue weighted by Gasteiger charge is 2.24. The van der Waals surface area contributed by atoms with Crippen LogP contribution in [0.5, 0.6) is 0 Å². The Kier molecular flexibility index (Phi) is 2.45. The van der Waals surface area contributed by atoms with Gasteiger partial charge in [0, 0.05) is 6.20 Å². The quantitative estimate of drug-likeness (QED) is 0.708. The van der Waals surface area contributed by atoms with E-state index < -0.39 is 0 Å². The Labute approximate surface area is 95.2 Å². The van der Waals surface area contributed by atoms with Gasteiger partial charge in [-0.05, 0) is 35.8 Å². The first-order valence-electron chi connectivity index (χ1n) is 5.57. The maximum atomic E-state index is 2.47. The zero-order valence-corrected chi connectivity index (χ0v) is 9.54. The molecule has 1 aromatic carbocycles. The number of nitrogens with zero attached hydrogens (tertiary/aromatic N) is 1. The Morgan fingerprint density at radius 1 is 1.27 bits per heavy atom. The van der Waals surface area contributed by atoms with Crippen LogP contribution in [0, 0.1) is 0 Å². The molecule has 1 nitrogen and oxygen atoms in total. The summed E-state index contributed by atoms with van der Waals surface area (Å²) in [5.41, 5.74) is 3.11. The first kappa shape index (κ1) is 9.34. The van der Waals surface area contributed by atoms with E-state index in [2.05, 4.69) is 40.8 Å². The van der Waals surface area contributed by atoms with E-state index in [1.807, 2.05) is 11.8 Å². The molecule has 0 bridgehead atoms. The standard InChI is InChI=1S/C13H15NS/c1-2-6-12-11(4-1)5-3-7-13(12)14-8-9-15-10-14/h1-2,4,6,8-9,13H,3,5,7,10H2. The summed E-state index contributed by atoms with van der Waals surface area (Å²) >= 11 is 1.90. The number of benzene rings is 1. The molecule has 0 N–H and O–H groups in total. The van der Waals surface area contributed by atoms with Gasteiger partial charge in [0.05, 0.1) is 11.9 Å². The normalized spacial score (nSPS) is 24.3. The van der Waals surface area contributed by atoms with E-state index in [4.69, 9.17) is 0 Å². The van der Waals surface area contributed by atoms with Crippen LogP contribution in [0.1, 0.15) is 30.0 Å². The van der Waals surface area contributed by atoms with E-state index in [1.165, 1.54) is 19.3 Å². The molecular weight excluding hydrogens is 202 g/mol. The van der Waals surface area contributed by atoms with E-state index in [0.29, 0.717) is 6.04 Å². The maximum absolute atomic E-state index is 2.47. The molecule has 2 heteroatoms. The second-order valence-electron chi connectivity index (χ2n) is 4.20. The largest absolute Gasteiger partial charge is 0.360 e. The predicted molar refractivity (Wildman–Crippen MR) is 65.6 cm³/mol. The van der Waals surface area contributed by atoms with Crippen molar-refractivity contribution in [2.24, 2.45) is 0 Å². The van der Waals surface area contributed by atoms with Crippen LogP contribution in [0.25, 0.3) is 0 Å². The molecule has 2 aliphatic rings. The number of hydrogen-bond acceptors (Lipinski definition) is 2. The third-order valence-corrected chi connectivity index (χ3v) is 4.07. The third kappa shape index (κ3) is 1.67. The third-order valence-electron chi connectivity index (χ3n) is 3.31. The van der Waals surface area contributed by atoms with E-state index >= 15 is 0 Å². The summed E-state index contributed by atoms with van der Waals surface area (Å²) in [6, 6.07) is 9.55. The number of hydrogen-bond donors (Lipinski definition) is 0. The molecule has 1 unspecified atom stereocenters. The van der Waals surface area contributed by atoms with Gasteiger partial charge in [0.2, 0.25) is 0 Å². The number of fused-ring (bicyclic) bond motifs is 1. The molecule has 0 radical (unpaired) electrons. The van der Waals surface area contributed by atoms with Crippen LogP contribution in [-0.2, 0) is 6.42 Å². The highest BCUT2D eigenvalue weighted by Crippen LogP contribution is 2.37. The van der Waals surface area contributed by atoms with Gasteiger partial charge in [0.25, 0.3) is 0 Å². The fourth-order valence-corrected chi connectivity index (χ4v) is 3.33. The lowest BCUT2D eigenvalue weighted by Gasteiger charge is -2.32. The average molecular weight is 217 g/mol. The van der Waals surface area contributed by atoms with Crippen molar-refractivity contribution < 1.29 is 0 Å². The fourth-order valence-electron chi connectivity index (χ4n) is 2.56. The van der Waals surface area contributed by atoms with Crippen molar-refractivity contribution in [1.82, 2.24) is 4.90 Å². The molecule has 0 spiro atoms. The number of rotatable bonds is 1. The van der Waals surface area contributed by atoms with E-state index in [9.17, 15) is 0 Å². The lowest BCUT2D eigenvalue weighted by Crippen LogP contribution is -2.24. The van der Waals surface area contributed by atoms with Gasteiger partial charge in [-0.15, -0.1) is 11.8 Å². The Hall–Kier alpha value is -0.890. The minimum Gasteiger partial charge on any atom is -0.360 e. The summed E-state index contributed by atoms with van der Waals surface area (Å²) in [6.45, 7) is 0. The Balaban J connectivity index is 1.95. The lowest BCUT2D eigenvalue weighted by molar-refractivity contribution is 0.294. The minimum absolute atomic E-state index is 0.626. The first-order valence-corrected chi connectivity index (χ1v) is 6.62. The molecule has 3 rings (SSSR count). The first-order chi connectivity index (χ1) is 7.45. The molecule has 0 aromatic heterocycles. The van der Waals surface area contributed by atoms with Crippen LogP contribution in [0.15, 0.2) is 35.9 Å². The summed E-state index contributed by atoms with van der Waals surface area (Å²) in [6.07, 6.45) is 6.15. The van der Waals surface area contributed by atoms with Crippen molar-refractivity contribution in [2.75, 3.05) is 5.88 Å². The van der Waals surface area contributed by atoms with Gasteiger partial charge >= 0.3 is 0 Å². The van der Waals surface area contributed by atoms with Crippen molar-refractivity contribution >= 4 is 11.8 Å². The van der Waals surface area contributed by atoms with Gasteiger partial charge in [-0.25, -0.2) is 0 Å². The zero-order valence-electron chi connectivity index (χ0n) is 8.73. The summed E-state index contributed by atoms with van der Waals surface area (Å²) < 4.78 is 0. The lowest BCUT2D eigenvalue weighted by atomic mass is 9.87. The second-order valence-corrected chi connectivity index (χ2v) is 5.07. The van der Waals surface area contributed by atoms with Crippen molar-refractivity contribution in [3.8, 4) is 0 Å². The van der Waals surface area contributed by atoms with Crippen molar-refractivity contribution in [1.29, 1.82) is 0 Å². The van der Waals surface area contributed by atoms with Gasteiger partial charge in [0.15, 0.2) is 0 Å². The van der Waals surface area contributed by atoms with Gasteiger partial charge in [-0.2, -0.15) is 0 Å². The summed E-state index contributed by atoms with van der Waals surface area (Å²) in [7, 11) is 0. The number of thioether (sulfide) groups is 1. The van der Waals surface area contributed by atoms with Crippen LogP contribution in [-0.4, -0.2) is 10.8 Å². The molecule has 1 aliphatic heterocycles. The molecule has 0 saturated heterocycles. The molecule has 0 fully saturated rings. The second kappa shape index (κ2) is 3.93. The number of aryl methyl sites for hydroxylation is 1. The van der Waals surface area contributed by atoms with Crippen molar-refractivity contribution in [2.45, 2.75) is 25.3 Å². The molecular formula is C13H15NS. The van der Waals surface area contributed by atoms with Crippen LogP contribution in [0.2, 0.25) is 0 Å². The smallest absolute Gasteiger partial charge is 0.0681 e. The van der Waals surface area contributed by atoms with Gasteiger partial charge in [-0.3, -0.25) is 0 Å². The predicted octanol–water partition coefficient (Wildman–Crippen LogP) is 3.54. The minimum atomic E-state index is 0.626. The SMILES string of the molecule is C1=CN(C2CCCc3ccccc32)CS1.